The monoisotopic (exact) mass is 294 g/mol. The molecule has 0 aliphatic carbocycles. The van der Waals surface area contributed by atoms with Gasteiger partial charge in [0, 0.05) is 13.7 Å². The molecule has 0 N–H and O–H groups in total. The normalized spacial score (nSPS) is 10.6. The Morgan fingerprint density at radius 2 is 2.20 bits per heavy atom. The number of carbonyl (C=O) groups is 1. The van der Waals surface area contributed by atoms with Gasteiger partial charge in [-0.05, 0) is 19.1 Å². The van der Waals surface area contributed by atoms with Crippen molar-refractivity contribution in [2.24, 2.45) is 0 Å². The van der Waals surface area contributed by atoms with Gasteiger partial charge in [-0.15, -0.1) is 0 Å². The zero-order valence-corrected chi connectivity index (χ0v) is 12.1. The van der Waals surface area contributed by atoms with Crippen LogP contribution in [-0.4, -0.2) is 24.9 Å². The molecule has 1 heterocycles. The first-order valence-electron chi connectivity index (χ1n) is 6.17. The van der Waals surface area contributed by atoms with Crippen LogP contribution in [0.25, 0.3) is 0 Å². The Morgan fingerprint density at radius 3 is 2.80 bits per heavy atom. The van der Waals surface area contributed by atoms with Crippen LogP contribution < -0.4 is 4.90 Å². The third kappa shape index (κ3) is 2.86. The summed E-state index contributed by atoms with van der Waals surface area (Å²) in [5, 5.41) is 0.590. The molecule has 4 nitrogen and oxygen atoms in total. The molecule has 0 fully saturated rings. The lowest BCUT2D eigenvalue weighted by Crippen LogP contribution is -2.17. The number of thiazole rings is 1. The predicted molar refractivity (Wildman–Crippen MR) is 77.3 cm³/mol. The number of para-hydroxylation sites is 1. The topological polar surface area (TPSA) is 42.4 Å². The van der Waals surface area contributed by atoms with Gasteiger partial charge in [0.1, 0.15) is 5.82 Å². The third-order valence-corrected chi connectivity index (χ3v) is 3.84. The first-order valence-corrected chi connectivity index (χ1v) is 6.98. The Balaban J connectivity index is 2.42. The van der Waals surface area contributed by atoms with Crippen LogP contribution in [0.4, 0.5) is 15.2 Å². The molecule has 0 saturated heterocycles. The first-order chi connectivity index (χ1) is 9.71. The van der Waals surface area contributed by atoms with E-state index in [0.717, 1.165) is 6.29 Å². The molecule has 6 heteroatoms. The number of hydrogen-bond acceptors (Lipinski definition) is 5. The molecule has 0 spiro atoms. The van der Waals surface area contributed by atoms with E-state index in [1.165, 1.54) is 17.4 Å². The van der Waals surface area contributed by atoms with Gasteiger partial charge >= 0.3 is 0 Å². The van der Waals surface area contributed by atoms with E-state index in [0.29, 0.717) is 27.9 Å². The highest BCUT2D eigenvalue weighted by atomic mass is 32.1. The molecule has 0 unspecified atom stereocenters. The Hall–Kier alpha value is -1.79. The summed E-state index contributed by atoms with van der Waals surface area (Å²) < 4.78 is 18.9. The molecular formula is C14H15FN2O2S. The van der Waals surface area contributed by atoms with Crippen molar-refractivity contribution in [1.82, 2.24) is 4.98 Å². The minimum Gasteiger partial charge on any atom is -0.378 e. The molecule has 2 rings (SSSR count). The maximum Gasteiger partial charge on any atom is 0.190 e. The molecule has 0 aliphatic rings. The maximum atomic E-state index is 13.9. The average Bonchev–Trinajstić information content (AvgIpc) is 2.85. The summed E-state index contributed by atoms with van der Waals surface area (Å²) in [5.74, 6) is -0.314. The minimum absolute atomic E-state index is 0.263. The number of hydrogen-bond donors (Lipinski definition) is 0. The van der Waals surface area contributed by atoms with E-state index in [1.54, 1.807) is 30.2 Å². The zero-order chi connectivity index (χ0) is 14.5. The van der Waals surface area contributed by atoms with Crippen LogP contribution in [0.3, 0.4) is 0 Å². The van der Waals surface area contributed by atoms with Gasteiger partial charge in [0.2, 0.25) is 0 Å². The van der Waals surface area contributed by atoms with Crippen LogP contribution in [-0.2, 0) is 11.3 Å². The number of rotatable bonds is 6. The van der Waals surface area contributed by atoms with Crippen molar-refractivity contribution in [2.45, 2.75) is 13.5 Å². The van der Waals surface area contributed by atoms with E-state index < -0.39 is 0 Å². The highest BCUT2D eigenvalue weighted by molar-refractivity contribution is 7.17. The predicted octanol–water partition coefficient (Wildman–Crippen LogP) is 3.40. The van der Waals surface area contributed by atoms with Crippen LogP contribution >= 0.6 is 11.3 Å². The van der Waals surface area contributed by atoms with Gasteiger partial charge in [-0.3, -0.25) is 4.79 Å². The van der Waals surface area contributed by atoms with Crippen LogP contribution in [0, 0.1) is 5.82 Å². The molecule has 2 aromatic rings. The van der Waals surface area contributed by atoms with Crippen molar-refractivity contribution in [3.8, 4) is 0 Å². The minimum atomic E-state index is -0.314. The number of methoxy groups -OCH3 is 1. The molecule has 20 heavy (non-hydrogen) atoms. The Kier molecular flexibility index (Phi) is 4.81. The summed E-state index contributed by atoms with van der Waals surface area (Å²) in [5.41, 5.74) is 1.03. The van der Waals surface area contributed by atoms with E-state index in [2.05, 4.69) is 4.98 Å². The summed E-state index contributed by atoms with van der Waals surface area (Å²) >= 11 is 1.24. The van der Waals surface area contributed by atoms with E-state index in [1.807, 2.05) is 6.92 Å². The molecule has 0 radical (unpaired) electrons. The molecule has 0 atom stereocenters. The van der Waals surface area contributed by atoms with Gasteiger partial charge < -0.3 is 9.64 Å². The van der Waals surface area contributed by atoms with Gasteiger partial charge in [0.15, 0.2) is 11.4 Å². The molecule has 1 aromatic carbocycles. The van der Waals surface area contributed by atoms with Crippen molar-refractivity contribution in [3.05, 3.63) is 40.7 Å². The highest BCUT2D eigenvalue weighted by Gasteiger charge is 2.18. The molecule has 0 amide bonds. The van der Waals surface area contributed by atoms with E-state index in [-0.39, 0.29) is 12.4 Å². The second kappa shape index (κ2) is 6.58. The van der Waals surface area contributed by atoms with Gasteiger partial charge in [0.25, 0.3) is 0 Å². The summed E-state index contributed by atoms with van der Waals surface area (Å²) in [6, 6.07) is 6.51. The van der Waals surface area contributed by atoms with E-state index in [4.69, 9.17) is 4.74 Å². The first kappa shape index (κ1) is 14.6. The van der Waals surface area contributed by atoms with Crippen molar-refractivity contribution in [1.29, 1.82) is 0 Å². The smallest absolute Gasteiger partial charge is 0.190 e. The largest absolute Gasteiger partial charge is 0.378 e. The summed E-state index contributed by atoms with van der Waals surface area (Å²) in [6.45, 7) is 2.73. The van der Waals surface area contributed by atoms with Crippen molar-refractivity contribution in [2.75, 3.05) is 18.6 Å². The second-order valence-electron chi connectivity index (χ2n) is 4.05. The molecule has 1 aromatic heterocycles. The molecule has 106 valence electrons. The van der Waals surface area contributed by atoms with Crippen LogP contribution in [0.15, 0.2) is 24.3 Å². The Bertz CT molecular complexity index is 601. The summed E-state index contributed by atoms with van der Waals surface area (Å²) in [7, 11) is 1.54. The lowest BCUT2D eigenvalue weighted by Gasteiger charge is -2.20. The fraction of sp³-hybridized carbons (Fsp3) is 0.286. The van der Waals surface area contributed by atoms with Gasteiger partial charge in [0.05, 0.1) is 22.9 Å². The van der Waals surface area contributed by atoms with Gasteiger partial charge in [-0.1, -0.05) is 23.5 Å². The van der Waals surface area contributed by atoms with Crippen LogP contribution in [0.2, 0.25) is 0 Å². The fourth-order valence-electron chi connectivity index (χ4n) is 1.88. The Morgan fingerprint density at radius 1 is 1.45 bits per heavy atom. The molecular weight excluding hydrogens is 279 g/mol. The molecule has 0 saturated carbocycles. The fourth-order valence-corrected chi connectivity index (χ4v) is 2.84. The molecule has 0 aliphatic heterocycles. The maximum absolute atomic E-state index is 13.9. The number of aromatic nitrogens is 1. The standard InChI is InChI=1S/C14H15FN2O2S/c1-3-17(12-7-5-4-6-10(12)15)14-16-11(9-19-2)13(8-18)20-14/h4-8H,3,9H2,1-2H3. The Labute approximate surface area is 120 Å². The number of anilines is 2. The third-order valence-electron chi connectivity index (χ3n) is 2.79. The summed E-state index contributed by atoms with van der Waals surface area (Å²) in [4.78, 5) is 17.7. The number of carbonyl (C=O) groups excluding carboxylic acids is 1. The number of ether oxygens (including phenoxy) is 1. The number of halogens is 1. The number of aldehydes is 1. The van der Waals surface area contributed by atoms with Crippen molar-refractivity contribution in [3.63, 3.8) is 0 Å². The van der Waals surface area contributed by atoms with Crippen molar-refractivity contribution < 1.29 is 13.9 Å². The highest BCUT2D eigenvalue weighted by Crippen LogP contribution is 2.32. The lowest BCUT2D eigenvalue weighted by atomic mass is 10.3. The van der Waals surface area contributed by atoms with Crippen LogP contribution in [0.5, 0.6) is 0 Å². The second-order valence-corrected chi connectivity index (χ2v) is 5.06. The zero-order valence-electron chi connectivity index (χ0n) is 11.3. The van der Waals surface area contributed by atoms with Crippen LogP contribution in [0.1, 0.15) is 22.3 Å². The SMILES string of the molecule is CCN(c1nc(COC)c(C=O)s1)c1ccccc1F. The average molecular weight is 294 g/mol. The number of nitrogens with zero attached hydrogens (tertiary/aromatic N) is 2. The lowest BCUT2D eigenvalue weighted by molar-refractivity contribution is 0.112. The van der Waals surface area contributed by atoms with E-state index in [9.17, 15) is 9.18 Å². The molecule has 0 bridgehead atoms. The van der Waals surface area contributed by atoms with Gasteiger partial charge in [-0.2, -0.15) is 0 Å². The number of benzene rings is 1. The van der Waals surface area contributed by atoms with E-state index >= 15 is 0 Å². The quantitative estimate of drug-likeness (QED) is 0.766. The van der Waals surface area contributed by atoms with Gasteiger partial charge in [-0.25, -0.2) is 9.37 Å². The van der Waals surface area contributed by atoms with Crippen molar-refractivity contribution >= 4 is 28.4 Å². The summed E-state index contributed by atoms with van der Waals surface area (Å²) in [6.07, 6.45) is 0.755.